The number of aryl methyl sites for hydroxylation is 1. The van der Waals surface area contributed by atoms with E-state index in [2.05, 4.69) is 27.9 Å². The van der Waals surface area contributed by atoms with E-state index < -0.39 is 0 Å². The highest BCUT2D eigenvalue weighted by atomic mass is 35.5. The first-order chi connectivity index (χ1) is 8.08. The first-order valence-electron chi connectivity index (χ1n) is 5.64. The molecule has 2 rings (SSSR count). The molecule has 0 aromatic carbocycles. The third-order valence-electron chi connectivity index (χ3n) is 2.66. The minimum absolute atomic E-state index is 0.194. The molecule has 0 spiro atoms. The number of alkyl halides is 1. The molecule has 2 aromatic rings. The van der Waals surface area contributed by atoms with Crippen LogP contribution in [-0.2, 0) is 0 Å². The number of thiophene rings is 1. The summed E-state index contributed by atoms with van der Waals surface area (Å²) in [5.41, 5.74) is 0. The molecule has 1 unspecified atom stereocenters. The smallest absolute Gasteiger partial charge is 0.140 e. The number of nitrogens with zero attached hydrogens (tertiary/aromatic N) is 3. The monoisotopic (exact) mass is 269 g/mol. The quantitative estimate of drug-likeness (QED) is 0.796. The second kappa shape index (κ2) is 5.19. The Morgan fingerprint density at radius 1 is 1.47 bits per heavy atom. The van der Waals surface area contributed by atoms with Crippen LogP contribution in [0, 0.1) is 6.92 Å². The van der Waals surface area contributed by atoms with E-state index in [4.69, 9.17) is 11.6 Å². The number of fused-ring (bicyclic) bond motifs is 1. The average Bonchev–Trinajstić information content (AvgIpc) is 2.65. The molecule has 0 aliphatic heterocycles. The fourth-order valence-corrected chi connectivity index (χ4v) is 2.68. The van der Waals surface area contributed by atoms with E-state index in [1.807, 2.05) is 14.0 Å². The van der Waals surface area contributed by atoms with E-state index in [9.17, 15) is 0 Å². The fraction of sp³-hybridized carbons (Fsp3) is 0.500. The molecule has 0 saturated heterocycles. The largest absolute Gasteiger partial charge is 0.359 e. The zero-order valence-corrected chi connectivity index (χ0v) is 11.8. The normalized spacial score (nSPS) is 12.9. The predicted octanol–water partition coefficient (Wildman–Crippen LogP) is 3.45. The molecule has 3 nitrogen and oxygen atoms in total. The topological polar surface area (TPSA) is 29.0 Å². The Kier molecular flexibility index (Phi) is 3.84. The van der Waals surface area contributed by atoms with Crippen molar-refractivity contribution in [3.63, 3.8) is 0 Å². The van der Waals surface area contributed by atoms with Gasteiger partial charge in [0.1, 0.15) is 17.0 Å². The Morgan fingerprint density at radius 3 is 2.94 bits per heavy atom. The van der Waals surface area contributed by atoms with Crippen LogP contribution >= 0.6 is 22.9 Å². The summed E-state index contributed by atoms with van der Waals surface area (Å²) in [5, 5.41) is 1.33. The molecule has 2 heterocycles. The van der Waals surface area contributed by atoms with Gasteiger partial charge >= 0.3 is 0 Å². The highest BCUT2D eigenvalue weighted by molar-refractivity contribution is 7.18. The van der Waals surface area contributed by atoms with Gasteiger partial charge in [-0.3, -0.25) is 0 Å². The molecular weight excluding hydrogens is 254 g/mol. The average molecular weight is 270 g/mol. The molecule has 0 N–H and O–H groups in total. The van der Waals surface area contributed by atoms with E-state index in [1.54, 1.807) is 17.7 Å². The Hall–Kier alpha value is -0.870. The van der Waals surface area contributed by atoms with E-state index >= 15 is 0 Å². The first-order valence-corrected chi connectivity index (χ1v) is 6.89. The van der Waals surface area contributed by atoms with Crippen molar-refractivity contribution >= 4 is 39.0 Å². The maximum absolute atomic E-state index is 5.97. The highest BCUT2D eigenvalue weighted by Gasteiger charge is 2.11. The van der Waals surface area contributed by atoms with Crippen LogP contribution in [0.2, 0.25) is 0 Å². The Bertz CT molecular complexity index is 509. The van der Waals surface area contributed by atoms with Gasteiger partial charge in [0, 0.05) is 23.8 Å². The third kappa shape index (κ3) is 2.87. The van der Waals surface area contributed by atoms with Crippen molar-refractivity contribution in [1.29, 1.82) is 0 Å². The molecule has 2 aromatic heterocycles. The van der Waals surface area contributed by atoms with E-state index in [-0.39, 0.29) is 5.38 Å². The standard InChI is InChI=1S/C12H16ClN3S/c1-8(13)4-5-16(3)11-10-6-9(2)17-12(10)15-7-14-11/h6-8H,4-5H2,1-3H3. The molecule has 17 heavy (non-hydrogen) atoms. The summed E-state index contributed by atoms with van der Waals surface area (Å²) >= 11 is 7.68. The highest BCUT2D eigenvalue weighted by Crippen LogP contribution is 2.29. The molecule has 92 valence electrons. The van der Waals surface area contributed by atoms with Crippen LogP contribution in [0.25, 0.3) is 10.2 Å². The van der Waals surface area contributed by atoms with Crippen molar-refractivity contribution in [3.05, 3.63) is 17.3 Å². The Balaban J connectivity index is 2.28. The summed E-state index contributed by atoms with van der Waals surface area (Å²) < 4.78 is 0. The third-order valence-corrected chi connectivity index (χ3v) is 3.83. The van der Waals surface area contributed by atoms with Gasteiger partial charge in [-0.1, -0.05) is 0 Å². The van der Waals surface area contributed by atoms with Crippen molar-refractivity contribution < 1.29 is 0 Å². The molecule has 0 bridgehead atoms. The molecule has 0 aliphatic rings. The van der Waals surface area contributed by atoms with Gasteiger partial charge in [0.2, 0.25) is 0 Å². The lowest BCUT2D eigenvalue weighted by molar-refractivity contribution is 0.767. The van der Waals surface area contributed by atoms with Crippen LogP contribution in [0.3, 0.4) is 0 Å². The second-order valence-electron chi connectivity index (χ2n) is 4.26. The number of hydrogen-bond donors (Lipinski definition) is 0. The van der Waals surface area contributed by atoms with Gasteiger partial charge in [-0.2, -0.15) is 0 Å². The number of rotatable bonds is 4. The van der Waals surface area contributed by atoms with Crippen LogP contribution in [0.4, 0.5) is 5.82 Å². The molecule has 0 radical (unpaired) electrons. The lowest BCUT2D eigenvalue weighted by Crippen LogP contribution is -2.21. The summed E-state index contributed by atoms with van der Waals surface area (Å²) in [4.78, 5) is 13.1. The van der Waals surface area contributed by atoms with Crippen molar-refractivity contribution in [2.45, 2.75) is 25.6 Å². The lowest BCUT2D eigenvalue weighted by atomic mass is 10.3. The van der Waals surface area contributed by atoms with Crippen molar-refractivity contribution in [3.8, 4) is 0 Å². The lowest BCUT2D eigenvalue weighted by Gasteiger charge is -2.19. The van der Waals surface area contributed by atoms with Crippen LogP contribution < -0.4 is 4.90 Å². The maximum Gasteiger partial charge on any atom is 0.140 e. The minimum Gasteiger partial charge on any atom is -0.359 e. The van der Waals surface area contributed by atoms with E-state index in [0.717, 1.165) is 29.0 Å². The Morgan fingerprint density at radius 2 is 2.24 bits per heavy atom. The van der Waals surface area contributed by atoms with E-state index in [1.165, 1.54) is 4.88 Å². The maximum atomic E-state index is 5.97. The van der Waals surface area contributed by atoms with Gasteiger partial charge in [0.25, 0.3) is 0 Å². The molecule has 5 heteroatoms. The summed E-state index contributed by atoms with van der Waals surface area (Å²) in [5.74, 6) is 0.997. The van der Waals surface area contributed by atoms with Crippen molar-refractivity contribution in [2.24, 2.45) is 0 Å². The van der Waals surface area contributed by atoms with Gasteiger partial charge < -0.3 is 4.90 Å². The van der Waals surface area contributed by atoms with Crippen molar-refractivity contribution in [1.82, 2.24) is 9.97 Å². The summed E-state index contributed by atoms with van der Waals surface area (Å²) in [6.07, 6.45) is 2.58. The fourth-order valence-electron chi connectivity index (χ4n) is 1.75. The molecule has 0 saturated carbocycles. The van der Waals surface area contributed by atoms with E-state index in [0.29, 0.717) is 0 Å². The summed E-state index contributed by atoms with van der Waals surface area (Å²) in [7, 11) is 2.05. The number of aromatic nitrogens is 2. The van der Waals surface area contributed by atoms with Gasteiger partial charge in [-0.05, 0) is 26.3 Å². The van der Waals surface area contributed by atoms with Gasteiger partial charge in [0.15, 0.2) is 0 Å². The van der Waals surface area contributed by atoms with Crippen LogP contribution in [0.5, 0.6) is 0 Å². The second-order valence-corrected chi connectivity index (χ2v) is 6.24. The zero-order valence-electron chi connectivity index (χ0n) is 10.3. The molecule has 0 aliphatic carbocycles. The number of halogens is 1. The van der Waals surface area contributed by atoms with Gasteiger partial charge in [-0.25, -0.2) is 9.97 Å². The zero-order chi connectivity index (χ0) is 12.4. The molecule has 0 amide bonds. The van der Waals surface area contributed by atoms with Crippen LogP contribution in [0.1, 0.15) is 18.2 Å². The number of anilines is 1. The van der Waals surface area contributed by atoms with Crippen LogP contribution in [-0.4, -0.2) is 28.9 Å². The summed E-state index contributed by atoms with van der Waals surface area (Å²) in [6.45, 7) is 5.02. The minimum atomic E-state index is 0.194. The van der Waals surface area contributed by atoms with Gasteiger partial charge in [-0.15, -0.1) is 22.9 Å². The van der Waals surface area contributed by atoms with Crippen molar-refractivity contribution in [2.75, 3.05) is 18.5 Å². The molecule has 0 fully saturated rings. The first kappa shape index (κ1) is 12.6. The van der Waals surface area contributed by atoms with Gasteiger partial charge in [0.05, 0.1) is 5.39 Å². The number of hydrogen-bond acceptors (Lipinski definition) is 4. The Labute approximate surface area is 110 Å². The predicted molar refractivity (Wildman–Crippen MR) is 75.4 cm³/mol. The SMILES string of the molecule is Cc1cc2c(N(C)CCC(C)Cl)ncnc2s1. The molecular formula is C12H16ClN3S. The molecule has 1 atom stereocenters. The summed E-state index contributed by atoms with van der Waals surface area (Å²) in [6, 6.07) is 2.15. The van der Waals surface area contributed by atoms with Crippen LogP contribution in [0.15, 0.2) is 12.4 Å².